The number of halogens is 1. The minimum atomic E-state index is 0.0358. The van der Waals surface area contributed by atoms with Crippen molar-refractivity contribution >= 4 is 17.5 Å². The molecule has 0 spiro atoms. The van der Waals surface area contributed by atoms with E-state index < -0.39 is 0 Å². The lowest BCUT2D eigenvalue weighted by Crippen LogP contribution is -2.62. The topological polar surface area (TPSA) is 36.0 Å². The number of nitrogens with zero attached hydrogens (tertiary/aromatic N) is 3. The van der Waals surface area contributed by atoms with Crippen molar-refractivity contribution < 1.29 is 9.53 Å². The Bertz CT molecular complexity index is 566. The van der Waals surface area contributed by atoms with Crippen LogP contribution in [-0.4, -0.2) is 80.1 Å². The zero-order valence-corrected chi connectivity index (χ0v) is 13.8. The Morgan fingerprint density at radius 1 is 1.18 bits per heavy atom. The van der Waals surface area contributed by atoms with E-state index in [1.807, 2.05) is 4.90 Å². The van der Waals surface area contributed by atoms with Crippen LogP contribution in [0.2, 0.25) is 5.02 Å². The maximum Gasteiger partial charge on any atom is 0.254 e. The van der Waals surface area contributed by atoms with Gasteiger partial charge >= 0.3 is 0 Å². The number of likely N-dealkylation sites (N-methyl/N-ethyl adjacent to an activating group) is 1. The van der Waals surface area contributed by atoms with Crippen molar-refractivity contribution in [1.29, 1.82) is 0 Å². The van der Waals surface area contributed by atoms with Gasteiger partial charge in [-0.2, -0.15) is 0 Å². The number of benzene rings is 1. The molecule has 2 saturated heterocycles. The smallest absolute Gasteiger partial charge is 0.254 e. The number of amides is 1. The van der Waals surface area contributed by atoms with Crippen LogP contribution >= 0.6 is 11.6 Å². The van der Waals surface area contributed by atoms with E-state index in [1.54, 1.807) is 25.3 Å². The normalized spacial score (nSPS) is 23.2. The number of carbonyl (C=O) groups is 1. The molecule has 0 unspecified atom stereocenters. The summed E-state index contributed by atoms with van der Waals surface area (Å²) in [6.07, 6.45) is 0. The molecule has 0 aromatic heterocycles. The Balaban J connectivity index is 1.74. The molecule has 1 atom stereocenters. The molecule has 0 bridgehead atoms. The van der Waals surface area contributed by atoms with E-state index in [4.69, 9.17) is 16.3 Å². The fourth-order valence-electron chi connectivity index (χ4n) is 3.28. The van der Waals surface area contributed by atoms with Crippen LogP contribution in [0.25, 0.3) is 0 Å². The van der Waals surface area contributed by atoms with Gasteiger partial charge in [-0.1, -0.05) is 11.6 Å². The summed E-state index contributed by atoms with van der Waals surface area (Å²) in [5.41, 5.74) is 0.599. The summed E-state index contributed by atoms with van der Waals surface area (Å²) in [4.78, 5) is 19.5. The molecule has 6 heteroatoms. The zero-order chi connectivity index (χ0) is 15.7. The Morgan fingerprint density at radius 3 is 2.73 bits per heavy atom. The van der Waals surface area contributed by atoms with Crippen molar-refractivity contribution in [3.8, 4) is 5.75 Å². The molecule has 1 amide bonds. The number of hydrogen-bond donors (Lipinski definition) is 0. The highest BCUT2D eigenvalue weighted by Gasteiger charge is 2.33. The third kappa shape index (κ3) is 3.21. The maximum atomic E-state index is 12.8. The van der Waals surface area contributed by atoms with Crippen molar-refractivity contribution in [2.75, 3.05) is 53.4 Å². The molecule has 120 valence electrons. The van der Waals surface area contributed by atoms with E-state index in [-0.39, 0.29) is 5.91 Å². The van der Waals surface area contributed by atoms with Crippen LogP contribution in [0.15, 0.2) is 18.2 Å². The van der Waals surface area contributed by atoms with Crippen LogP contribution in [-0.2, 0) is 0 Å². The van der Waals surface area contributed by atoms with E-state index in [0.29, 0.717) is 22.4 Å². The largest absolute Gasteiger partial charge is 0.497 e. The molecule has 2 aliphatic heterocycles. The van der Waals surface area contributed by atoms with Crippen molar-refractivity contribution in [2.24, 2.45) is 0 Å². The highest BCUT2D eigenvalue weighted by molar-refractivity contribution is 6.31. The molecule has 1 aromatic carbocycles. The first kappa shape index (κ1) is 15.6. The number of carbonyl (C=O) groups excluding carboxylic acids is 1. The first-order valence-corrected chi connectivity index (χ1v) is 8.01. The van der Waals surface area contributed by atoms with E-state index in [9.17, 15) is 4.79 Å². The van der Waals surface area contributed by atoms with Crippen molar-refractivity contribution in [1.82, 2.24) is 14.7 Å². The van der Waals surface area contributed by atoms with Crippen LogP contribution < -0.4 is 4.74 Å². The van der Waals surface area contributed by atoms with Crippen molar-refractivity contribution in [3.63, 3.8) is 0 Å². The second-order valence-corrected chi connectivity index (χ2v) is 6.52. The molecule has 5 nitrogen and oxygen atoms in total. The first-order chi connectivity index (χ1) is 10.6. The second kappa shape index (κ2) is 6.44. The van der Waals surface area contributed by atoms with E-state index >= 15 is 0 Å². The van der Waals surface area contributed by atoms with Gasteiger partial charge in [0.25, 0.3) is 5.91 Å². The summed E-state index contributed by atoms with van der Waals surface area (Å²) in [6, 6.07) is 5.61. The molecular weight excluding hydrogens is 302 g/mol. The fraction of sp³-hybridized carbons (Fsp3) is 0.562. The summed E-state index contributed by atoms with van der Waals surface area (Å²) in [6.45, 7) is 5.71. The molecule has 0 saturated carbocycles. The molecule has 1 aromatic rings. The van der Waals surface area contributed by atoms with E-state index in [0.717, 1.165) is 39.3 Å². The quantitative estimate of drug-likeness (QED) is 0.825. The lowest BCUT2D eigenvalue weighted by molar-refractivity contribution is 0.0190. The number of rotatable bonds is 2. The van der Waals surface area contributed by atoms with Crippen LogP contribution in [0.5, 0.6) is 5.75 Å². The number of hydrogen-bond acceptors (Lipinski definition) is 4. The number of methoxy groups -OCH3 is 1. The second-order valence-electron chi connectivity index (χ2n) is 6.08. The SMILES string of the molecule is COc1cc(Cl)cc(C(=O)N2CCN3CCN(C)C[C@@H]3C2)c1. The monoisotopic (exact) mass is 323 g/mol. The van der Waals surface area contributed by atoms with Gasteiger partial charge < -0.3 is 14.5 Å². The van der Waals surface area contributed by atoms with Gasteiger partial charge in [-0.25, -0.2) is 0 Å². The summed E-state index contributed by atoms with van der Waals surface area (Å²) in [5, 5.41) is 0.527. The van der Waals surface area contributed by atoms with E-state index in [1.165, 1.54) is 0 Å². The maximum absolute atomic E-state index is 12.8. The minimum Gasteiger partial charge on any atom is -0.497 e. The van der Waals surface area contributed by atoms with Crippen molar-refractivity contribution in [3.05, 3.63) is 28.8 Å². The van der Waals surface area contributed by atoms with Gasteiger partial charge in [0, 0.05) is 55.9 Å². The van der Waals surface area contributed by atoms with E-state index in [2.05, 4.69) is 16.8 Å². The predicted octanol–water partition coefficient (Wildman–Crippen LogP) is 1.42. The van der Waals surface area contributed by atoms with Crippen molar-refractivity contribution in [2.45, 2.75) is 6.04 Å². The zero-order valence-electron chi connectivity index (χ0n) is 13.1. The Kier molecular flexibility index (Phi) is 4.57. The highest BCUT2D eigenvalue weighted by Crippen LogP contribution is 2.23. The fourth-order valence-corrected chi connectivity index (χ4v) is 3.51. The standard InChI is InChI=1S/C16H22ClN3O2/c1-18-3-4-19-5-6-20(11-14(19)10-18)16(21)12-7-13(17)9-15(8-12)22-2/h7-9,14H,3-6,10-11H2,1-2H3/t14-/m1/s1. The van der Waals surface area contributed by atoms with Gasteiger partial charge in [-0.05, 0) is 25.2 Å². The summed E-state index contributed by atoms with van der Waals surface area (Å²) in [7, 11) is 3.72. The number of ether oxygens (including phenoxy) is 1. The van der Waals surface area contributed by atoms with Crippen LogP contribution in [0.4, 0.5) is 0 Å². The first-order valence-electron chi connectivity index (χ1n) is 7.63. The van der Waals surface area contributed by atoms with Gasteiger partial charge in [0.1, 0.15) is 5.75 Å². The molecule has 3 rings (SSSR count). The van der Waals surface area contributed by atoms with Gasteiger partial charge in [-0.3, -0.25) is 9.69 Å². The van der Waals surface area contributed by atoms with Gasteiger partial charge in [-0.15, -0.1) is 0 Å². The molecule has 2 heterocycles. The average molecular weight is 324 g/mol. The van der Waals surface area contributed by atoms with Gasteiger partial charge in [0.2, 0.25) is 0 Å². The molecule has 0 radical (unpaired) electrons. The van der Waals surface area contributed by atoms with Gasteiger partial charge in [0.15, 0.2) is 0 Å². The molecule has 0 aliphatic carbocycles. The van der Waals surface area contributed by atoms with Crippen LogP contribution in [0, 0.1) is 0 Å². The lowest BCUT2D eigenvalue weighted by atomic mass is 10.1. The molecule has 0 N–H and O–H groups in total. The predicted molar refractivity (Wildman–Crippen MR) is 86.8 cm³/mol. The minimum absolute atomic E-state index is 0.0358. The number of fused-ring (bicyclic) bond motifs is 1. The Hall–Kier alpha value is -1.30. The lowest BCUT2D eigenvalue weighted by Gasteiger charge is -2.46. The highest BCUT2D eigenvalue weighted by atomic mass is 35.5. The summed E-state index contributed by atoms with van der Waals surface area (Å²) in [5.74, 6) is 0.653. The summed E-state index contributed by atoms with van der Waals surface area (Å²) >= 11 is 6.08. The molecule has 22 heavy (non-hydrogen) atoms. The molecule has 2 fully saturated rings. The van der Waals surface area contributed by atoms with Crippen LogP contribution in [0.3, 0.4) is 0 Å². The Morgan fingerprint density at radius 2 is 1.95 bits per heavy atom. The third-order valence-corrected chi connectivity index (χ3v) is 4.76. The molecular formula is C16H22ClN3O2. The Labute approximate surface area is 136 Å². The summed E-state index contributed by atoms with van der Waals surface area (Å²) < 4.78 is 5.20. The van der Waals surface area contributed by atoms with Gasteiger partial charge in [0.05, 0.1) is 7.11 Å². The van der Waals surface area contributed by atoms with Crippen LogP contribution in [0.1, 0.15) is 10.4 Å². The number of piperazine rings is 2. The third-order valence-electron chi connectivity index (χ3n) is 4.54. The molecule has 2 aliphatic rings. The average Bonchev–Trinajstić information content (AvgIpc) is 2.52.